The molecule has 2 saturated heterocycles. The van der Waals surface area contributed by atoms with Crippen LogP contribution in [0.1, 0.15) is 41.8 Å². The molecule has 0 radical (unpaired) electrons. The molecule has 1 amide bonds. The lowest BCUT2D eigenvalue weighted by atomic mass is 9.81. The Kier molecular flexibility index (Phi) is 4.29. The molecule has 4 rings (SSSR count). The van der Waals surface area contributed by atoms with E-state index >= 15 is 0 Å². The minimum Gasteiger partial charge on any atom is -0.461 e. The summed E-state index contributed by atoms with van der Waals surface area (Å²) in [6, 6.07) is 7.72. The lowest BCUT2D eigenvalue weighted by molar-refractivity contribution is -0.183. The standard InChI is InChI=1S/C20H25NO4/c1-14-13-15-5-3-6-16(18(15)25-14)19(22)21-10-8-20(9-11-21)17(23-2)7-4-12-24-20/h3,5-6,13,17H,4,7-12H2,1-2H3/t17-/m0/s1. The number of ether oxygens (including phenoxy) is 2. The van der Waals surface area contributed by atoms with Gasteiger partial charge >= 0.3 is 0 Å². The molecule has 5 nitrogen and oxygen atoms in total. The van der Waals surface area contributed by atoms with E-state index < -0.39 is 0 Å². The third-order valence-electron chi connectivity index (χ3n) is 5.67. The predicted octanol–water partition coefficient (Wildman–Crippen LogP) is 3.54. The Morgan fingerprint density at radius 3 is 2.88 bits per heavy atom. The third-order valence-corrected chi connectivity index (χ3v) is 5.67. The number of para-hydroxylation sites is 1. The molecular formula is C20H25NO4. The van der Waals surface area contributed by atoms with Crippen molar-refractivity contribution in [1.82, 2.24) is 4.90 Å². The number of rotatable bonds is 2. The molecule has 2 aromatic rings. The maximum absolute atomic E-state index is 13.0. The van der Waals surface area contributed by atoms with Gasteiger partial charge in [0.2, 0.25) is 0 Å². The minimum atomic E-state index is -0.225. The molecule has 1 aromatic carbocycles. The monoisotopic (exact) mass is 343 g/mol. The highest BCUT2D eigenvalue weighted by Gasteiger charge is 2.45. The van der Waals surface area contributed by atoms with Crippen LogP contribution in [0.3, 0.4) is 0 Å². The molecule has 2 aliphatic heterocycles. The van der Waals surface area contributed by atoms with E-state index in [4.69, 9.17) is 13.9 Å². The Labute approximate surface area is 147 Å². The average molecular weight is 343 g/mol. The van der Waals surface area contributed by atoms with E-state index in [-0.39, 0.29) is 17.6 Å². The summed E-state index contributed by atoms with van der Waals surface area (Å²) in [5.41, 5.74) is 1.11. The number of aryl methyl sites for hydroxylation is 1. The van der Waals surface area contributed by atoms with E-state index in [1.165, 1.54) is 0 Å². The van der Waals surface area contributed by atoms with Crippen molar-refractivity contribution >= 4 is 16.9 Å². The zero-order valence-electron chi connectivity index (χ0n) is 14.9. The van der Waals surface area contributed by atoms with Crippen LogP contribution in [0.5, 0.6) is 0 Å². The third kappa shape index (κ3) is 2.85. The Hall–Kier alpha value is -1.85. The number of furan rings is 1. The van der Waals surface area contributed by atoms with E-state index in [1.54, 1.807) is 7.11 Å². The van der Waals surface area contributed by atoms with Gasteiger partial charge in [-0.15, -0.1) is 0 Å². The smallest absolute Gasteiger partial charge is 0.257 e. The number of hydrogen-bond acceptors (Lipinski definition) is 4. The van der Waals surface area contributed by atoms with Gasteiger partial charge in [0.25, 0.3) is 5.91 Å². The van der Waals surface area contributed by atoms with Gasteiger partial charge in [-0.1, -0.05) is 12.1 Å². The molecular weight excluding hydrogens is 318 g/mol. The van der Waals surface area contributed by atoms with Crippen molar-refractivity contribution in [2.24, 2.45) is 0 Å². The van der Waals surface area contributed by atoms with Gasteiger partial charge < -0.3 is 18.8 Å². The fourth-order valence-corrected chi connectivity index (χ4v) is 4.32. The molecule has 25 heavy (non-hydrogen) atoms. The van der Waals surface area contributed by atoms with Crippen LogP contribution in [0, 0.1) is 6.92 Å². The first-order valence-electron chi connectivity index (χ1n) is 9.08. The molecule has 134 valence electrons. The number of piperidine rings is 1. The second-order valence-corrected chi connectivity index (χ2v) is 7.15. The summed E-state index contributed by atoms with van der Waals surface area (Å²) in [5.74, 6) is 0.867. The number of carbonyl (C=O) groups excluding carboxylic acids is 1. The van der Waals surface area contributed by atoms with Crippen LogP contribution in [0.15, 0.2) is 28.7 Å². The first-order valence-corrected chi connectivity index (χ1v) is 9.08. The van der Waals surface area contributed by atoms with Crippen molar-refractivity contribution in [3.63, 3.8) is 0 Å². The van der Waals surface area contributed by atoms with Crippen LogP contribution in [-0.2, 0) is 9.47 Å². The number of likely N-dealkylation sites (tertiary alicyclic amines) is 1. The van der Waals surface area contributed by atoms with Crippen LogP contribution in [-0.4, -0.2) is 49.3 Å². The summed E-state index contributed by atoms with van der Waals surface area (Å²) in [6.45, 7) is 4.08. The highest BCUT2D eigenvalue weighted by Crippen LogP contribution is 2.37. The van der Waals surface area contributed by atoms with E-state index in [2.05, 4.69) is 0 Å². The number of amides is 1. The van der Waals surface area contributed by atoms with Gasteiger partial charge in [-0.3, -0.25) is 4.79 Å². The maximum Gasteiger partial charge on any atom is 0.257 e. The summed E-state index contributed by atoms with van der Waals surface area (Å²) in [4.78, 5) is 15.0. The molecule has 2 fully saturated rings. The van der Waals surface area contributed by atoms with Crippen molar-refractivity contribution < 1.29 is 18.7 Å². The van der Waals surface area contributed by atoms with Crippen LogP contribution in [0.4, 0.5) is 0 Å². The molecule has 0 bridgehead atoms. The van der Waals surface area contributed by atoms with Crippen LogP contribution >= 0.6 is 0 Å². The van der Waals surface area contributed by atoms with Gasteiger partial charge in [-0.25, -0.2) is 0 Å². The molecule has 0 unspecified atom stereocenters. The van der Waals surface area contributed by atoms with E-state index in [0.29, 0.717) is 24.2 Å². The van der Waals surface area contributed by atoms with Gasteiger partial charge in [-0.2, -0.15) is 0 Å². The molecule has 0 aliphatic carbocycles. The van der Waals surface area contributed by atoms with Gasteiger partial charge in [0.15, 0.2) is 0 Å². The van der Waals surface area contributed by atoms with Crippen molar-refractivity contribution in [3.8, 4) is 0 Å². The lowest BCUT2D eigenvalue weighted by Gasteiger charge is -2.48. The summed E-state index contributed by atoms with van der Waals surface area (Å²) in [6.07, 6.45) is 3.86. The molecule has 5 heteroatoms. The average Bonchev–Trinajstić information content (AvgIpc) is 3.02. The second kappa shape index (κ2) is 6.46. The quantitative estimate of drug-likeness (QED) is 0.837. The van der Waals surface area contributed by atoms with Crippen molar-refractivity contribution in [3.05, 3.63) is 35.6 Å². The van der Waals surface area contributed by atoms with Gasteiger partial charge in [0, 0.05) is 32.2 Å². The predicted molar refractivity (Wildman–Crippen MR) is 94.8 cm³/mol. The molecule has 0 saturated carbocycles. The maximum atomic E-state index is 13.0. The fourth-order valence-electron chi connectivity index (χ4n) is 4.32. The number of nitrogens with zero attached hydrogens (tertiary/aromatic N) is 1. The highest BCUT2D eigenvalue weighted by molar-refractivity contribution is 6.05. The van der Waals surface area contributed by atoms with Crippen molar-refractivity contribution in [1.29, 1.82) is 0 Å². The van der Waals surface area contributed by atoms with Gasteiger partial charge in [0.1, 0.15) is 11.3 Å². The number of fused-ring (bicyclic) bond motifs is 1. The Morgan fingerprint density at radius 2 is 2.12 bits per heavy atom. The van der Waals surface area contributed by atoms with E-state index in [0.717, 1.165) is 43.4 Å². The minimum absolute atomic E-state index is 0.0413. The summed E-state index contributed by atoms with van der Waals surface area (Å²) in [5, 5.41) is 0.979. The Balaban J connectivity index is 1.53. The molecule has 1 atom stereocenters. The molecule has 0 N–H and O–H groups in total. The normalized spacial score (nSPS) is 23.3. The first kappa shape index (κ1) is 16.6. The lowest BCUT2D eigenvalue weighted by Crippen LogP contribution is -2.56. The fraction of sp³-hybridized carbons (Fsp3) is 0.550. The van der Waals surface area contributed by atoms with E-state index in [9.17, 15) is 4.79 Å². The van der Waals surface area contributed by atoms with E-state index in [1.807, 2.05) is 36.1 Å². The zero-order valence-corrected chi connectivity index (χ0v) is 14.9. The Bertz CT molecular complexity index is 773. The highest BCUT2D eigenvalue weighted by atomic mass is 16.5. The zero-order chi connectivity index (χ0) is 17.4. The Morgan fingerprint density at radius 1 is 1.32 bits per heavy atom. The second-order valence-electron chi connectivity index (χ2n) is 7.15. The van der Waals surface area contributed by atoms with Gasteiger partial charge in [0.05, 0.1) is 17.3 Å². The molecule has 1 spiro atoms. The van der Waals surface area contributed by atoms with Crippen molar-refractivity contribution in [2.75, 3.05) is 26.8 Å². The largest absolute Gasteiger partial charge is 0.461 e. The number of benzene rings is 1. The number of hydrogen-bond donors (Lipinski definition) is 0. The first-order chi connectivity index (χ1) is 12.1. The van der Waals surface area contributed by atoms with Gasteiger partial charge in [-0.05, 0) is 44.7 Å². The number of methoxy groups -OCH3 is 1. The molecule has 3 heterocycles. The van der Waals surface area contributed by atoms with Crippen LogP contribution in [0.25, 0.3) is 11.0 Å². The topological polar surface area (TPSA) is 51.9 Å². The van der Waals surface area contributed by atoms with Crippen molar-refractivity contribution in [2.45, 2.75) is 44.3 Å². The van der Waals surface area contributed by atoms with Crippen LogP contribution < -0.4 is 0 Å². The van der Waals surface area contributed by atoms with Crippen LogP contribution in [0.2, 0.25) is 0 Å². The number of carbonyl (C=O) groups is 1. The molecule has 2 aliphatic rings. The summed E-state index contributed by atoms with van der Waals surface area (Å²) in [7, 11) is 1.76. The molecule has 1 aromatic heterocycles. The SMILES string of the molecule is CO[C@H]1CCCOC12CCN(C(=O)c1cccc3cc(C)oc13)CC2. The summed E-state index contributed by atoms with van der Waals surface area (Å²) < 4.78 is 17.6. The summed E-state index contributed by atoms with van der Waals surface area (Å²) >= 11 is 0.